The maximum atomic E-state index is 12.5. The summed E-state index contributed by atoms with van der Waals surface area (Å²) in [5.41, 5.74) is 0.290. The third-order valence-electron chi connectivity index (χ3n) is 4.90. The Kier molecular flexibility index (Phi) is 6.54. The number of likely N-dealkylation sites (tertiary alicyclic amines) is 1. The van der Waals surface area contributed by atoms with E-state index < -0.39 is 5.97 Å². The van der Waals surface area contributed by atoms with Crippen LogP contribution >= 0.6 is 0 Å². The second-order valence-corrected chi connectivity index (χ2v) is 6.64. The first-order valence-corrected chi connectivity index (χ1v) is 9.28. The lowest BCUT2D eigenvalue weighted by molar-refractivity contribution is -0.148. The van der Waals surface area contributed by atoms with Gasteiger partial charge < -0.3 is 23.5 Å². The summed E-state index contributed by atoms with van der Waals surface area (Å²) in [6.07, 6.45) is 2.40. The van der Waals surface area contributed by atoms with E-state index in [2.05, 4.69) is 0 Å². The molecule has 1 aromatic heterocycles. The number of carbonyl (C=O) groups excluding carboxylic acids is 3. The third-order valence-corrected chi connectivity index (χ3v) is 4.90. The summed E-state index contributed by atoms with van der Waals surface area (Å²) in [5, 5.41) is 0. The topological polar surface area (TPSA) is 95.3 Å². The first-order valence-electron chi connectivity index (χ1n) is 9.28. The Labute approximate surface area is 168 Å². The maximum Gasteiger partial charge on any atom is 0.309 e. The van der Waals surface area contributed by atoms with Gasteiger partial charge in [-0.05, 0) is 43.2 Å². The van der Waals surface area contributed by atoms with E-state index in [0.29, 0.717) is 43.0 Å². The number of esters is 1. The normalized spacial score (nSPS) is 14.3. The second-order valence-electron chi connectivity index (χ2n) is 6.64. The van der Waals surface area contributed by atoms with Crippen LogP contribution in [0, 0.1) is 5.92 Å². The second kappa shape index (κ2) is 9.27. The molecule has 0 atom stereocenters. The molecule has 29 heavy (non-hydrogen) atoms. The molecule has 1 aromatic carbocycles. The van der Waals surface area contributed by atoms with Crippen molar-refractivity contribution in [3.05, 3.63) is 47.9 Å². The number of benzene rings is 1. The lowest BCUT2D eigenvalue weighted by Gasteiger charge is -2.30. The SMILES string of the molecule is COc1ccc(OC)c(C(=O)COC(=O)C2CCN(C(=O)c3ccco3)CC2)c1. The standard InChI is InChI=1S/C21H23NO7/c1-26-15-5-6-18(27-2)16(12-15)17(23)13-29-21(25)14-7-9-22(10-8-14)20(24)19-4-3-11-28-19/h3-6,11-12,14H,7-10,13H2,1-2H3. The summed E-state index contributed by atoms with van der Waals surface area (Å²) >= 11 is 0. The van der Waals surface area contributed by atoms with Crippen LogP contribution in [0.1, 0.15) is 33.8 Å². The molecule has 8 heteroatoms. The van der Waals surface area contributed by atoms with Gasteiger partial charge in [-0.25, -0.2) is 0 Å². The van der Waals surface area contributed by atoms with E-state index in [1.807, 2.05) is 0 Å². The number of amides is 1. The predicted octanol–water partition coefficient (Wildman–Crippen LogP) is 2.58. The number of Topliss-reactive ketones (excluding diaryl/α,β-unsaturated/α-hetero) is 1. The van der Waals surface area contributed by atoms with Crippen LogP contribution in [-0.2, 0) is 9.53 Å². The summed E-state index contributed by atoms with van der Waals surface area (Å²) < 4.78 is 20.7. The van der Waals surface area contributed by atoms with Gasteiger partial charge >= 0.3 is 5.97 Å². The molecule has 1 amide bonds. The van der Waals surface area contributed by atoms with Crippen molar-refractivity contribution in [1.82, 2.24) is 4.90 Å². The molecule has 0 radical (unpaired) electrons. The fraction of sp³-hybridized carbons (Fsp3) is 0.381. The van der Waals surface area contributed by atoms with Crippen LogP contribution in [-0.4, -0.2) is 56.5 Å². The van der Waals surface area contributed by atoms with E-state index in [0.717, 1.165) is 0 Å². The molecule has 154 valence electrons. The van der Waals surface area contributed by atoms with Gasteiger partial charge in [0.1, 0.15) is 11.5 Å². The Balaban J connectivity index is 1.51. The van der Waals surface area contributed by atoms with E-state index in [-0.39, 0.29) is 30.0 Å². The number of nitrogens with zero attached hydrogens (tertiary/aromatic N) is 1. The molecule has 0 N–H and O–H groups in total. The molecule has 0 unspecified atom stereocenters. The molecule has 1 saturated heterocycles. The summed E-state index contributed by atoms with van der Waals surface area (Å²) in [6, 6.07) is 8.12. The van der Waals surface area contributed by atoms with Crippen molar-refractivity contribution < 1.29 is 33.0 Å². The Morgan fingerprint density at radius 3 is 2.48 bits per heavy atom. The molecule has 2 heterocycles. The number of furan rings is 1. The minimum absolute atomic E-state index is 0.192. The molecule has 3 rings (SSSR count). The number of ketones is 1. The average molecular weight is 401 g/mol. The Morgan fingerprint density at radius 2 is 1.86 bits per heavy atom. The van der Waals surface area contributed by atoms with Gasteiger partial charge in [0.05, 0.1) is 32.0 Å². The Bertz CT molecular complexity index is 867. The summed E-state index contributed by atoms with van der Waals surface area (Å²) in [4.78, 5) is 38.8. The third kappa shape index (κ3) is 4.77. The summed E-state index contributed by atoms with van der Waals surface area (Å²) in [6.45, 7) is 0.474. The van der Waals surface area contributed by atoms with Gasteiger partial charge in [0.2, 0.25) is 5.78 Å². The number of hydrogen-bond acceptors (Lipinski definition) is 7. The highest BCUT2D eigenvalue weighted by Crippen LogP contribution is 2.25. The quantitative estimate of drug-likeness (QED) is 0.520. The largest absolute Gasteiger partial charge is 0.497 e. The van der Waals surface area contributed by atoms with Crippen LogP contribution in [0.2, 0.25) is 0 Å². The fourth-order valence-electron chi connectivity index (χ4n) is 3.24. The molecule has 1 aliphatic rings. The first kappa shape index (κ1) is 20.4. The highest BCUT2D eigenvalue weighted by Gasteiger charge is 2.30. The zero-order valence-corrected chi connectivity index (χ0v) is 16.4. The minimum atomic E-state index is -0.440. The van der Waals surface area contributed by atoms with Gasteiger partial charge in [-0.2, -0.15) is 0 Å². The van der Waals surface area contributed by atoms with Gasteiger partial charge in [-0.15, -0.1) is 0 Å². The van der Waals surface area contributed by atoms with Crippen molar-refractivity contribution in [3.63, 3.8) is 0 Å². The molecule has 2 aromatic rings. The van der Waals surface area contributed by atoms with Gasteiger partial charge in [0.15, 0.2) is 12.4 Å². The summed E-state index contributed by atoms with van der Waals surface area (Å²) in [5.74, 6) is -0.183. The zero-order chi connectivity index (χ0) is 20.8. The molecular weight excluding hydrogens is 378 g/mol. The molecule has 1 fully saturated rings. The lowest BCUT2D eigenvalue weighted by Crippen LogP contribution is -2.40. The lowest BCUT2D eigenvalue weighted by atomic mass is 9.97. The Morgan fingerprint density at radius 1 is 1.10 bits per heavy atom. The van der Waals surface area contributed by atoms with E-state index in [9.17, 15) is 14.4 Å². The predicted molar refractivity (Wildman–Crippen MR) is 102 cm³/mol. The molecule has 0 spiro atoms. The molecule has 1 aliphatic heterocycles. The smallest absolute Gasteiger partial charge is 0.309 e. The van der Waals surface area contributed by atoms with Crippen LogP contribution in [0.25, 0.3) is 0 Å². The highest BCUT2D eigenvalue weighted by molar-refractivity contribution is 6.00. The van der Waals surface area contributed by atoms with Gasteiger partial charge in [0, 0.05) is 13.1 Å². The van der Waals surface area contributed by atoms with Crippen LogP contribution in [0.5, 0.6) is 11.5 Å². The van der Waals surface area contributed by atoms with Crippen LogP contribution < -0.4 is 9.47 Å². The van der Waals surface area contributed by atoms with Crippen molar-refractivity contribution in [2.45, 2.75) is 12.8 Å². The monoisotopic (exact) mass is 401 g/mol. The van der Waals surface area contributed by atoms with E-state index in [1.54, 1.807) is 35.2 Å². The number of hydrogen-bond donors (Lipinski definition) is 0. The van der Waals surface area contributed by atoms with E-state index >= 15 is 0 Å². The van der Waals surface area contributed by atoms with Crippen molar-refractivity contribution in [2.75, 3.05) is 33.9 Å². The van der Waals surface area contributed by atoms with Gasteiger partial charge in [-0.1, -0.05) is 0 Å². The van der Waals surface area contributed by atoms with E-state index in [4.69, 9.17) is 18.6 Å². The van der Waals surface area contributed by atoms with E-state index in [1.165, 1.54) is 20.5 Å². The highest BCUT2D eigenvalue weighted by atomic mass is 16.5. The fourth-order valence-corrected chi connectivity index (χ4v) is 3.24. The number of rotatable bonds is 7. The maximum absolute atomic E-state index is 12.5. The summed E-state index contributed by atoms with van der Waals surface area (Å²) in [7, 11) is 2.96. The number of piperidine rings is 1. The van der Waals surface area contributed by atoms with Crippen LogP contribution in [0.15, 0.2) is 41.0 Å². The molecular formula is C21H23NO7. The van der Waals surface area contributed by atoms with Crippen molar-refractivity contribution in [1.29, 1.82) is 0 Å². The molecule has 0 aliphatic carbocycles. The van der Waals surface area contributed by atoms with Gasteiger partial charge in [0.25, 0.3) is 5.91 Å². The number of ether oxygens (including phenoxy) is 3. The molecule has 8 nitrogen and oxygen atoms in total. The number of carbonyl (C=O) groups is 3. The van der Waals surface area contributed by atoms with Crippen LogP contribution in [0.3, 0.4) is 0 Å². The Hall–Kier alpha value is -3.29. The number of methoxy groups -OCH3 is 2. The molecule has 0 saturated carbocycles. The molecule has 0 bridgehead atoms. The minimum Gasteiger partial charge on any atom is -0.497 e. The van der Waals surface area contributed by atoms with Crippen molar-refractivity contribution in [3.8, 4) is 11.5 Å². The van der Waals surface area contributed by atoms with Crippen molar-refractivity contribution in [2.24, 2.45) is 5.92 Å². The van der Waals surface area contributed by atoms with Gasteiger partial charge in [-0.3, -0.25) is 14.4 Å². The van der Waals surface area contributed by atoms with Crippen LogP contribution in [0.4, 0.5) is 0 Å². The average Bonchev–Trinajstić information content (AvgIpc) is 3.31. The van der Waals surface area contributed by atoms with Crippen molar-refractivity contribution >= 4 is 17.7 Å². The zero-order valence-electron chi connectivity index (χ0n) is 16.4. The first-order chi connectivity index (χ1) is 14.0.